The van der Waals surface area contributed by atoms with Gasteiger partial charge in [0.25, 0.3) is 5.91 Å². The van der Waals surface area contributed by atoms with Gasteiger partial charge < -0.3 is 26.0 Å². The topological polar surface area (TPSA) is 148 Å². The number of aromatic nitrogens is 2. The maximum absolute atomic E-state index is 13.6. The van der Waals surface area contributed by atoms with Crippen LogP contribution in [-0.2, 0) is 28.8 Å². The van der Waals surface area contributed by atoms with Gasteiger partial charge in [-0.2, -0.15) is 0 Å². The zero-order valence-electron chi connectivity index (χ0n) is 23.0. The quantitative estimate of drug-likeness (QED) is 0.259. The Labute approximate surface area is 236 Å². The Hall–Kier alpha value is -4.41. The summed E-state index contributed by atoms with van der Waals surface area (Å²) in [4.78, 5) is 34.8. The van der Waals surface area contributed by atoms with E-state index in [1.165, 1.54) is 31.2 Å². The first-order valence-corrected chi connectivity index (χ1v) is 13.3. The van der Waals surface area contributed by atoms with Crippen molar-refractivity contribution >= 4 is 22.7 Å². The minimum absolute atomic E-state index is 0.0143. The van der Waals surface area contributed by atoms with E-state index >= 15 is 0 Å². The van der Waals surface area contributed by atoms with Crippen molar-refractivity contribution in [2.24, 2.45) is 5.73 Å². The Balaban J connectivity index is 1.48. The molecule has 2 aromatic heterocycles. The molecular weight excluding hydrogens is 527 g/mol. The summed E-state index contributed by atoms with van der Waals surface area (Å²) < 4.78 is 19.5. The molecule has 1 aliphatic heterocycles. The fourth-order valence-corrected chi connectivity index (χ4v) is 4.91. The standard InChI is InChI=1S/C31H31FN4O5/c1-4-22-10-7-18-11-19(12-20(14-37)25(18)35-22)28(38)34-15-31(3,40)24-13-23-27(41-16-30(23,2)29(33)39)26(36-24)17-5-8-21(32)9-6-17/h5-13,37,40H,4,14-16H2,1-3H3,(H2,33,39)(H,34,38)/t30-,31-/m0/s1. The first-order chi connectivity index (χ1) is 19.5. The van der Waals surface area contributed by atoms with Crippen LogP contribution >= 0.6 is 0 Å². The minimum atomic E-state index is -1.69. The maximum Gasteiger partial charge on any atom is 0.251 e. The molecule has 0 unspecified atom stereocenters. The predicted molar refractivity (Wildman–Crippen MR) is 151 cm³/mol. The highest BCUT2D eigenvalue weighted by molar-refractivity contribution is 5.99. The number of hydrogen-bond donors (Lipinski definition) is 4. The fourth-order valence-electron chi connectivity index (χ4n) is 4.91. The molecule has 2 atom stereocenters. The summed E-state index contributed by atoms with van der Waals surface area (Å²) in [5.74, 6) is -1.18. The minimum Gasteiger partial charge on any atom is -0.489 e. The van der Waals surface area contributed by atoms with E-state index in [1.807, 2.05) is 19.1 Å². The number of amides is 2. The van der Waals surface area contributed by atoms with Gasteiger partial charge in [-0.05, 0) is 68.8 Å². The molecule has 1 aliphatic rings. The molecule has 4 aromatic rings. The second-order valence-electron chi connectivity index (χ2n) is 10.7. The summed E-state index contributed by atoms with van der Waals surface area (Å²) in [6.45, 7) is 4.59. The number of carbonyl (C=O) groups excluding carboxylic acids is 2. The number of aliphatic hydroxyl groups is 2. The van der Waals surface area contributed by atoms with E-state index < -0.39 is 28.6 Å². The van der Waals surface area contributed by atoms with E-state index in [-0.39, 0.29) is 25.5 Å². The molecule has 2 aromatic carbocycles. The van der Waals surface area contributed by atoms with E-state index in [9.17, 15) is 24.2 Å². The van der Waals surface area contributed by atoms with Gasteiger partial charge in [-0.1, -0.05) is 13.0 Å². The number of rotatable bonds is 8. The largest absolute Gasteiger partial charge is 0.489 e. The van der Waals surface area contributed by atoms with Gasteiger partial charge in [0, 0.05) is 33.3 Å². The summed E-state index contributed by atoms with van der Waals surface area (Å²) in [5, 5.41) is 24.9. The lowest BCUT2D eigenvalue weighted by atomic mass is 9.82. The van der Waals surface area contributed by atoms with Crippen LogP contribution in [0.2, 0.25) is 0 Å². The van der Waals surface area contributed by atoms with Gasteiger partial charge in [0.15, 0.2) is 0 Å². The Bertz CT molecular complexity index is 1670. The van der Waals surface area contributed by atoms with Crippen molar-refractivity contribution in [1.29, 1.82) is 0 Å². The van der Waals surface area contributed by atoms with Crippen LogP contribution in [0.1, 0.15) is 53.6 Å². The lowest BCUT2D eigenvalue weighted by Gasteiger charge is -2.26. The Morgan fingerprint density at radius 2 is 1.88 bits per heavy atom. The average molecular weight is 559 g/mol. The second kappa shape index (κ2) is 10.5. The summed E-state index contributed by atoms with van der Waals surface area (Å²) in [6.07, 6.45) is 0.739. The summed E-state index contributed by atoms with van der Waals surface area (Å²) in [5.41, 5.74) is 6.63. The van der Waals surface area contributed by atoms with E-state index in [0.717, 1.165) is 12.1 Å². The van der Waals surface area contributed by atoms with Crippen molar-refractivity contribution in [2.45, 2.75) is 44.8 Å². The zero-order valence-corrected chi connectivity index (χ0v) is 23.0. The molecule has 0 saturated carbocycles. The molecule has 0 aliphatic carbocycles. The molecule has 5 N–H and O–H groups in total. The first-order valence-electron chi connectivity index (χ1n) is 13.3. The third-order valence-corrected chi connectivity index (χ3v) is 7.60. The number of halogens is 1. The molecule has 212 valence electrons. The SMILES string of the molecule is CCc1ccc2cc(C(=O)NC[C@](C)(O)c3cc4c(c(-c5ccc(F)cc5)n3)OC[C@]4(C)C(N)=O)cc(CO)c2n1. The lowest BCUT2D eigenvalue weighted by Crippen LogP contribution is -2.41. The van der Waals surface area contributed by atoms with E-state index in [4.69, 9.17) is 10.5 Å². The number of hydrogen-bond acceptors (Lipinski definition) is 7. The molecular formula is C31H31FN4O5. The number of carbonyl (C=O) groups is 2. The van der Waals surface area contributed by atoms with Crippen LogP contribution < -0.4 is 15.8 Å². The number of ether oxygens (including phenoxy) is 1. The Kier molecular flexibility index (Phi) is 7.23. The molecule has 0 spiro atoms. The summed E-state index contributed by atoms with van der Waals surface area (Å²) in [7, 11) is 0. The zero-order chi connectivity index (χ0) is 29.5. The highest BCUT2D eigenvalue weighted by Gasteiger charge is 2.45. The van der Waals surface area contributed by atoms with Crippen molar-refractivity contribution in [3.05, 3.63) is 88.5 Å². The molecule has 0 saturated heterocycles. The molecule has 0 fully saturated rings. The smallest absolute Gasteiger partial charge is 0.251 e. The maximum atomic E-state index is 13.6. The molecule has 10 heteroatoms. The van der Waals surface area contributed by atoms with Gasteiger partial charge in [0.2, 0.25) is 5.91 Å². The number of aryl methyl sites for hydroxylation is 1. The van der Waals surface area contributed by atoms with Crippen LogP contribution in [0, 0.1) is 5.82 Å². The van der Waals surface area contributed by atoms with Gasteiger partial charge in [0.05, 0.1) is 24.4 Å². The third kappa shape index (κ3) is 5.12. The number of nitrogens with one attached hydrogen (secondary N) is 1. The average Bonchev–Trinajstić information content (AvgIpc) is 3.32. The number of fused-ring (bicyclic) bond motifs is 2. The van der Waals surface area contributed by atoms with Crippen molar-refractivity contribution in [3.63, 3.8) is 0 Å². The highest BCUT2D eigenvalue weighted by Crippen LogP contribution is 2.45. The molecule has 0 radical (unpaired) electrons. The van der Waals surface area contributed by atoms with Crippen LogP contribution in [0.4, 0.5) is 4.39 Å². The lowest BCUT2D eigenvalue weighted by molar-refractivity contribution is -0.123. The number of primary amides is 1. The molecule has 5 rings (SSSR count). The number of benzene rings is 2. The van der Waals surface area contributed by atoms with Crippen LogP contribution in [-0.4, -0.2) is 45.1 Å². The van der Waals surface area contributed by atoms with E-state index in [2.05, 4.69) is 15.3 Å². The predicted octanol–water partition coefficient (Wildman–Crippen LogP) is 3.26. The van der Waals surface area contributed by atoms with Crippen molar-refractivity contribution in [1.82, 2.24) is 15.3 Å². The second-order valence-corrected chi connectivity index (χ2v) is 10.7. The third-order valence-electron chi connectivity index (χ3n) is 7.60. The number of aliphatic hydroxyl groups excluding tert-OH is 1. The molecule has 41 heavy (non-hydrogen) atoms. The van der Waals surface area contributed by atoms with Gasteiger partial charge in [-0.25, -0.2) is 9.37 Å². The Morgan fingerprint density at radius 1 is 1.15 bits per heavy atom. The van der Waals surface area contributed by atoms with Gasteiger partial charge in [-0.3, -0.25) is 14.6 Å². The van der Waals surface area contributed by atoms with E-state index in [1.54, 1.807) is 25.1 Å². The molecule has 0 bridgehead atoms. The molecule has 9 nitrogen and oxygen atoms in total. The van der Waals surface area contributed by atoms with Crippen molar-refractivity contribution in [2.75, 3.05) is 13.2 Å². The van der Waals surface area contributed by atoms with Crippen LogP contribution in [0.3, 0.4) is 0 Å². The van der Waals surface area contributed by atoms with Gasteiger partial charge >= 0.3 is 0 Å². The Morgan fingerprint density at radius 3 is 2.54 bits per heavy atom. The number of nitrogens with two attached hydrogens (primary N) is 1. The van der Waals surface area contributed by atoms with Crippen molar-refractivity contribution < 1.29 is 28.9 Å². The van der Waals surface area contributed by atoms with Gasteiger partial charge in [-0.15, -0.1) is 0 Å². The van der Waals surface area contributed by atoms with Crippen LogP contribution in [0.5, 0.6) is 5.75 Å². The number of nitrogens with zero attached hydrogens (tertiary/aromatic N) is 2. The number of pyridine rings is 2. The summed E-state index contributed by atoms with van der Waals surface area (Å²) >= 11 is 0. The van der Waals surface area contributed by atoms with Crippen molar-refractivity contribution in [3.8, 4) is 17.0 Å². The molecule has 2 amide bonds. The van der Waals surface area contributed by atoms with Crippen LogP contribution in [0.25, 0.3) is 22.2 Å². The normalized spacial score (nSPS) is 17.5. The highest BCUT2D eigenvalue weighted by atomic mass is 19.1. The fraction of sp³-hybridized carbons (Fsp3) is 0.290. The van der Waals surface area contributed by atoms with Crippen LogP contribution in [0.15, 0.2) is 54.6 Å². The van der Waals surface area contributed by atoms with E-state index in [0.29, 0.717) is 44.6 Å². The summed E-state index contributed by atoms with van der Waals surface area (Å²) in [6, 6.07) is 14.2. The van der Waals surface area contributed by atoms with Gasteiger partial charge in [0.1, 0.15) is 34.9 Å². The molecule has 3 heterocycles. The first kappa shape index (κ1) is 28.1. The monoisotopic (exact) mass is 558 g/mol.